The Morgan fingerprint density at radius 2 is 2.17 bits per heavy atom. The number of hydrogen-bond acceptors (Lipinski definition) is 2. The Hall–Kier alpha value is -0.0000000000000000833. The van der Waals surface area contributed by atoms with Crippen LogP contribution in [0.15, 0.2) is 9.85 Å². The highest BCUT2D eigenvalue weighted by Crippen LogP contribution is 2.32. The second kappa shape index (κ2) is 3.81. The zero-order valence-electron chi connectivity index (χ0n) is 6.22. The van der Waals surface area contributed by atoms with Gasteiger partial charge in [-0.2, -0.15) is 0 Å². The predicted octanol–water partition coefficient (Wildman–Crippen LogP) is 3.12. The van der Waals surface area contributed by atoms with Gasteiger partial charge in [0.2, 0.25) is 0 Å². The number of aliphatic hydroxyl groups is 1. The van der Waals surface area contributed by atoms with Crippen molar-refractivity contribution >= 4 is 27.3 Å². The number of hydrogen-bond donors (Lipinski definition) is 1. The fourth-order valence-corrected chi connectivity index (χ4v) is 2.64. The quantitative estimate of drug-likeness (QED) is 0.863. The van der Waals surface area contributed by atoms with Gasteiger partial charge in [0.05, 0.1) is 3.79 Å². The van der Waals surface area contributed by atoms with Crippen molar-refractivity contribution < 1.29 is 13.9 Å². The van der Waals surface area contributed by atoms with Crippen LogP contribution in [0.1, 0.15) is 16.5 Å². The van der Waals surface area contributed by atoms with Crippen LogP contribution in [0.2, 0.25) is 0 Å². The van der Waals surface area contributed by atoms with Crippen LogP contribution in [0.25, 0.3) is 0 Å². The molecule has 0 aliphatic carbocycles. The molecule has 0 aliphatic heterocycles. The molecule has 1 unspecified atom stereocenters. The summed E-state index contributed by atoms with van der Waals surface area (Å²) in [5.41, 5.74) is 0.307. The molecule has 1 heterocycles. The summed E-state index contributed by atoms with van der Waals surface area (Å²) in [7, 11) is 0. The minimum atomic E-state index is -2.72. The van der Waals surface area contributed by atoms with Gasteiger partial charge in [0.1, 0.15) is 6.10 Å². The van der Waals surface area contributed by atoms with E-state index in [0.717, 1.165) is 8.66 Å². The first kappa shape index (κ1) is 10.1. The molecule has 1 N–H and O–H groups in total. The topological polar surface area (TPSA) is 20.2 Å². The van der Waals surface area contributed by atoms with E-state index in [1.807, 2.05) is 0 Å². The number of aliphatic hydroxyl groups excluding tert-OH is 1. The molecule has 1 aromatic heterocycles. The van der Waals surface area contributed by atoms with Crippen LogP contribution in [0.5, 0.6) is 0 Å². The molecule has 1 nitrogen and oxygen atoms in total. The highest BCUT2D eigenvalue weighted by atomic mass is 79.9. The predicted molar refractivity (Wildman–Crippen MR) is 47.7 cm³/mol. The zero-order chi connectivity index (χ0) is 9.30. The molecule has 12 heavy (non-hydrogen) atoms. The van der Waals surface area contributed by atoms with E-state index in [9.17, 15) is 8.78 Å². The molecule has 1 atom stereocenters. The van der Waals surface area contributed by atoms with E-state index in [4.69, 9.17) is 5.11 Å². The van der Waals surface area contributed by atoms with Crippen molar-refractivity contribution in [3.8, 4) is 0 Å². The van der Waals surface area contributed by atoms with Gasteiger partial charge >= 0.3 is 0 Å². The van der Waals surface area contributed by atoms with Crippen molar-refractivity contribution in [2.45, 2.75) is 19.5 Å². The van der Waals surface area contributed by atoms with Crippen molar-refractivity contribution in [3.63, 3.8) is 0 Å². The molecule has 0 aliphatic rings. The monoisotopic (exact) mass is 256 g/mol. The van der Waals surface area contributed by atoms with E-state index in [0.29, 0.717) is 5.56 Å². The van der Waals surface area contributed by atoms with E-state index in [1.165, 1.54) is 17.4 Å². The average molecular weight is 257 g/mol. The molecule has 0 bridgehead atoms. The fraction of sp³-hybridized carbons (Fsp3) is 0.429. The molecule has 1 rings (SSSR count). The SMILES string of the molecule is Cc1sc(Br)cc1C(O)C(F)F. The molecule has 68 valence electrons. The Balaban J connectivity index is 2.94. The van der Waals surface area contributed by atoms with Crippen LogP contribution < -0.4 is 0 Å². The molecule has 0 aromatic carbocycles. The first-order chi connectivity index (χ1) is 5.52. The maximum Gasteiger partial charge on any atom is 0.268 e. The van der Waals surface area contributed by atoms with Gasteiger partial charge in [-0.15, -0.1) is 11.3 Å². The highest BCUT2D eigenvalue weighted by molar-refractivity contribution is 9.11. The lowest BCUT2D eigenvalue weighted by Crippen LogP contribution is -2.07. The van der Waals surface area contributed by atoms with Crippen LogP contribution in [0.3, 0.4) is 0 Å². The van der Waals surface area contributed by atoms with Crippen LogP contribution in [-0.4, -0.2) is 11.5 Å². The first-order valence-corrected chi connectivity index (χ1v) is 4.85. The number of thiophene rings is 1. The van der Waals surface area contributed by atoms with Gasteiger partial charge in [-0.25, -0.2) is 8.78 Å². The zero-order valence-corrected chi connectivity index (χ0v) is 8.62. The van der Waals surface area contributed by atoms with Gasteiger partial charge in [0, 0.05) is 10.4 Å². The molecule has 1 aromatic rings. The van der Waals surface area contributed by atoms with Crippen LogP contribution >= 0.6 is 27.3 Å². The summed E-state index contributed by atoms with van der Waals surface area (Å²) >= 11 is 4.50. The molecular weight excluding hydrogens is 250 g/mol. The summed E-state index contributed by atoms with van der Waals surface area (Å²) < 4.78 is 24.8. The van der Waals surface area contributed by atoms with Crippen LogP contribution in [0.4, 0.5) is 8.78 Å². The summed E-state index contributed by atoms with van der Waals surface area (Å²) in [6, 6.07) is 1.52. The average Bonchev–Trinajstić information content (AvgIpc) is 2.28. The van der Waals surface area contributed by atoms with Crippen molar-refractivity contribution in [2.24, 2.45) is 0 Å². The van der Waals surface area contributed by atoms with Crippen molar-refractivity contribution in [3.05, 3.63) is 20.3 Å². The Bertz CT molecular complexity index is 274. The first-order valence-electron chi connectivity index (χ1n) is 3.24. The van der Waals surface area contributed by atoms with Gasteiger partial charge in [-0.05, 0) is 28.9 Å². The number of rotatable bonds is 2. The number of alkyl halides is 2. The van der Waals surface area contributed by atoms with Gasteiger partial charge in [-0.3, -0.25) is 0 Å². The molecule has 0 saturated carbocycles. The van der Waals surface area contributed by atoms with Gasteiger partial charge < -0.3 is 5.11 Å². The molecule has 0 spiro atoms. The van der Waals surface area contributed by atoms with Gasteiger partial charge in [0.25, 0.3) is 6.43 Å². The third-order valence-electron chi connectivity index (χ3n) is 1.48. The maximum atomic E-state index is 12.0. The summed E-state index contributed by atoms with van der Waals surface area (Å²) in [6.07, 6.45) is -4.38. The smallest absolute Gasteiger partial charge is 0.268 e. The van der Waals surface area contributed by atoms with E-state index in [1.54, 1.807) is 6.92 Å². The largest absolute Gasteiger partial charge is 0.382 e. The molecular formula is C7H7BrF2OS. The Morgan fingerprint density at radius 1 is 1.58 bits per heavy atom. The van der Waals surface area contributed by atoms with Crippen LogP contribution in [0, 0.1) is 6.92 Å². The molecule has 0 fully saturated rings. The highest BCUT2D eigenvalue weighted by Gasteiger charge is 2.22. The van der Waals surface area contributed by atoms with E-state index >= 15 is 0 Å². The maximum absolute atomic E-state index is 12.0. The lowest BCUT2D eigenvalue weighted by molar-refractivity contribution is -0.00587. The molecule has 0 saturated heterocycles. The van der Waals surface area contributed by atoms with Crippen molar-refractivity contribution in [2.75, 3.05) is 0 Å². The summed E-state index contributed by atoms with van der Waals surface area (Å²) in [5, 5.41) is 9.03. The van der Waals surface area contributed by atoms with Crippen molar-refractivity contribution in [1.82, 2.24) is 0 Å². The second-order valence-electron chi connectivity index (χ2n) is 2.34. The molecule has 0 amide bonds. The molecule has 5 heteroatoms. The summed E-state index contributed by atoms with van der Waals surface area (Å²) in [6.45, 7) is 1.70. The fourth-order valence-electron chi connectivity index (χ4n) is 0.888. The Labute approximate surface area is 81.2 Å². The summed E-state index contributed by atoms with van der Waals surface area (Å²) in [4.78, 5) is 0.717. The molecule has 0 radical (unpaired) electrons. The lowest BCUT2D eigenvalue weighted by Gasteiger charge is -2.07. The lowest BCUT2D eigenvalue weighted by atomic mass is 10.1. The van der Waals surface area contributed by atoms with E-state index < -0.39 is 12.5 Å². The Kier molecular flexibility index (Phi) is 3.20. The van der Waals surface area contributed by atoms with E-state index in [2.05, 4.69) is 15.9 Å². The summed E-state index contributed by atoms with van der Waals surface area (Å²) in [5.74, 6) is 0. The van der Waals surface area contributed by atoms with Gasteiger partial charge in [-0.1, -0.05) is 0 Å². The number of aryl methyl sites for hydroxylation is 1. The normalized spacial score (nSPS) is 13.8. The number of halogens is 3. The Morgan fingerprint density at radius 3 is 2.50 bits per heavy atom. The minimum Gasteiger partial charge on any atom is -0.382 e. The van der Waals surface area contributed by atoms with E-state index in [-0.39, 0.29) is 0 Å². The van der Waals surface area contributed by atoms with Gasteiger partial charge in [0.15, 0.2) is 0 Å². The second-order valence-corrected chi connectivity index (χ2v) is 4.98. The third-order valence-corrected chi connectivity index (χ3v) is 3.05. The minimum absolute atomic E-state index is 0.307. The van der Waals surface area contributed by atoms with Crippen LogP contribution in [-0.2, 0) is 0 Å². The van der Waals surface area contributed by atoms with Crippen molar-refractivity contribution in [1.29, 1.82) is 0 Å². The standard InChI is InChI=1S/C7H7BrF2OS/c1-3-4(2-5(8)12-3)6(11)7(9)10/h2,6-7,11H,1H3. The third kappa shape index (κ3) is 2.02.